The number of rotatable bonds is 10. The van der Waals surface area contributed by atoms with Crippen LogP contribution in [0.5, 0.6) is 0 Å². The van der Waals surface area contributed by atoms with Gasteiger partial charge in [0.2, 0.25) is 11.8 Å². The van der Waals surface area contributed by atoms with Crippen molar-refractivity contribution < 1.29 is 9.59 Å². The number of pyridine rings is 1. The molecule has 3 atom stereocenters. The van der Waals surface area contributed by atoms with E-state index in [4.69, 9.17) is 17.2 Å². The highest BCUT2D eigenvalue weighted by molar-refractivity contribution is 5.90. The lowest BCUT2D eigenvalue weighted by molar-refractivity contribution is -0.139. The second-order valence-corrected chi connectivity index (χ2v) is 8.24. The van der Waals surface area contributed by atoms with Gasteiger partial charge >= 0.3 is 0 Å². The molecule has 37 heavy (non-hydrogen) atoms. The monoisotopic (exact) mass is 595 g/mol. The van der Waals surface area contributed by atoms with E-state index in [1.54, 1.807) is 11.1 Å². The number of benzene rings is 1. The Balaban J connectivity index is 0. The smallest absolute Gasteiger partial charge is 0.243 e. The number of likely N-dealkylation sites (tertiary alicyclic amines) is 1. The van der Waals surface area contributed by atoms with Gasteiger partial charge in [-0.3, -0.25) is 19.6 Å². The molecule has 0 spiro atoms. The Hall–Kier alpha value is -2.30. The molecule has 2 aromatic rings. The van der Waals surface area contributed by atoms with Gasteiger partial charge in [-0.05, 0) is 43.4 Å². The number of nitrogens with one attached hydrogen (secondary N) is 1. The molecule has 208 valence electrons. The van der Waals surface area contributed by atoms with Gasteiger partial charge in [-0.15, -0.1) is 49.6 Å². The molecule has 1 aromatic carbocycles. The Labute approximate surface area is 243 Å². The molecule has 1 aliphatic heterocycles. The van der Waals surface area contributed by atoms with E-state index in [1.165, 1.54) is 0 Å². The zero-order valence-corrected chi connectivity index (χ0v) is 23.7. The Morgan fingerprint density at radius 1 is 1.05 bits per heavy atom. The first kappa shape index (κ1) is 36.9. The van der Waals surface area contributed by atoms with Crippen LogP contribution in [0.4, 0.5) is 0 Å². The van der Waals surface area contributed by atoms with E-state index >= 15 is 0 Å². The first-order chi connectivity index (χ1) is 16.0. The highest BCUT2D eigenvalue weighted by atomic mass is 35.5. The molecular formula is C24H37Cl4N7O2. The van der Waals surface area contributed by atoms with Crippen LogP contribution in [0.3, 0.4) is 0 Å². The molecule has 2 heterocycles. The van der Waals surface area contributed by atoms with E-state index in [0.717, 1.165) is 17.7 Å². The first-order valence-electron chi connectivity index (χ1n) is 11.3. The highest BCUT2D eigenvalue weighted by Crippen LogP contribution is 2.22. The van der Waals surface area contributed by atoms with Crippen LogP contribution in [-0.2, 0) is 16.0 Å². The third-order valence-corrected chi connectivity index (χ3v) is 5.78. The molecular weight excluding hydrogens is 560 g/mol. The van der Waals surface area contributed by atoms with Gasteiger partial charge in [0.1, 0.15) is 6.04 Å². The van der Waals surface area contributed by atoms with Crippen molar-refractivity contribution >= 4 is 67.4 Å². The average Bonchev–Trinajstić information content (AvgIpc) is 3.32. The number of guanidine groups is 1. The van der Waals surface area contributed by atoms with Gasteiger partial charge in [0, 0.05) is 31.4 Å². The predicted molar refractivity (Wildman–Crippen MR) is 157 cm³/mol. The van der Waals surface area contributed by atoms with Crippen LogP contribution in [0.1, 0.15) is 43.0 Å². The van der Waals surface area contributed by atoms with Gasteiger partial charge in [-0.2, -0.15) is 0 Å². The van der Waals surface area contributed by atoms with Crippen LogP contribution in [-0.4, -0.2) is 52.8 Å². The number of amides is 2. The summed E-state index contributed by atoms with van der Waals surface area (Å²) >= 11 is 0. The maximum absolute atomic E-state index is 13.3. The molecule has 0 radical (unpaired) electrons. The molecule has 9 nitrogen and oxygen atoms in total. The summed E-state index contributed by atoms with van der Waals surface area (Å²) in [6.45, 7) is 0.939. The molecule has 0 unspecified atom stereocenters. The highest BCUT2D eigenvalue weighted by Gasteiger charge is 2.36. The Bertz CT molecular complexity index is 951. The average molecular weight is 597 g/mol. The van der Waals surface area contributed by atoms with Crippen molar-refractivity contribution in [3.8, 4) is 0 Å². The number of aliphatic imine (C=N–C) groups is 1. The van der Waals surface area contributed by atoms with Crippen molar-refractivity contribution in [1.29, 1.82) is 0 Å². The predicted octanol–water partition coefficient (Wildman–Crippen LogP) is 2.54. The molecule has 0 aliphatic carbocycles. The fraction of sp³-hybridized carbons (Fsp3) is 0.417. The number of nitrogens with zero attached hydrogens (tertiary/aromatic N) is 3. The number of aromatic nitrogens is 1. The van der Waals surface area contributed by atoms with Gasteiger partial charge in [0.15, 0.2) is 5.96 Å². The lowest BCUT2D eigenvalue weighted by atomic mass is 10.0. The minimum Gasteiger partial charge on any atom is -0.370 e. The van der Waals surface area contributed by atoms with Gasteiger partial charge in [0.25, 0.3) is 0 Å². The van der Waals surface area contributed by atoms with Crippen LogP contribution in [0.2, 0.25) is 0 Å². The molecule has 13 heteroatoms. The topological polar surface area (TPSA) is 153 Å². The zero-order valence-electron chi connectivity index (χ0n) is 20.4. The molecule has 1 aromatic heterocycles. The quantitative estimate of drug-likeness (QED) is 0.188. The number of carbonyl (C=O) groups excluding carboxylic acids is 2. The van der Waals surface area contributed by atoms with Crippen molar-refractivity contribution in [3.63, 3.8) is 0 Å². The van der Waals surface area contributed by atoms with E-state index in [0.29, 0.717) is 38.8 Å². The summed E-state index contributed by atoms with van der Waals surface area (Å²) in [6, 6.07) is 14.1. The van der Waals surface area contributed by atoms with Crippen molar-refractivity contribution in [2.45, 2.75) is 50.2 Å². The lowest BCUT2D eigenvalue weighted by Crippen LogP contribution is -2.51. The lowest BCUT2D eigenvalue weighted by Gasteiger charge is -2.28. The molecule has 0 saturated carbocycles. The minimum atomic E-state index is -0.689. The Morgan fingerprint density at radius 2 is 1.73 bits per heavy atom. The van der Waals surface area contributed by atoms with Gasteiger partial charge in [-0.1, -0.05) is 36.4 Å². The van der Waals surface area contributed by atoms with E-state index in [9.17, 15) is 9.59 Å². The van der Waals surface area contributed by atoms with Crippen LogP contribution < -0.4 is 22.5 Å². The van der Waals surface area contributed by atoms with Crippen molar-refractivity contribution in [1.82, 2.24) is 15.2 Å². The van der Waals surface area contributed by atoms with E-state index in [1.807, 2.05) is 48.5 Å². The number of nitrogens with two attached hydrogens (primary N) is 3. The third-order valence-electron chi connectivity index (χ3n) is 5.78. The van der Waals surface area contributed by atoms with Crippen molar-refractivity contribution in [3.05, 3.63) is 66.0 Å². The third kappa shape index (κ3) is 11.3. The molecule has 1 fully saturated rings. The summed E-state index contributed by atoms with van der Waals surface area (Å²) in [5.74, 6) is -0.360. The fourth-order valence-corrected chi connectivity index (χ4v) is 4.09. The zero-order chi connectivity index (χ0) is 23.6. The Kier molecular flexibility index (Phi) is 18.8. The molecule has 3 rings (SSSR count). The normalized spacial score (nSPS) is 15.4. The number of halogens is 4. The van der Waals surface area contributed by atoms with Crippen molar-refractivity contribution in [2.75, 3.05) is 13.1 Å². The van der Waals surface area contributed by atoms with Crippen LogP contribution in [0.25, 0.3) is 0 Å². The first-order valence-corrected chi connectivity index (χ1v) is 11.3. The second kappa shape index (κ2) is 18.9. The second-order valence-electron chi connectivity index (χ2n) is 8.24. The summed E-state index contributed by atoms with van der Waals surface area (Å²) in [4.78, 5) is 36.2. The largest absolute Gasteiger partial charge is 0.370 e. The van der Waals surface area contributed by atoms with Crippen LogP contribution in [0, 0.1) is 0 Å². The SMILES string of the molecule is Cl.Cl.Cl.Cl.NC(N)=NCCC[C@H](N)C(=O)N1CCC[C@H]1C(=O)N[C@@H](Cc1ccccn1)c1ccccc1. The van der Waals surface area contributed by atoms with Crippen LogP contribution >= 0.6 is 49.6 Å². The molecule has 0 bridgehead atoms. The molecule has 2 amide bonds. The summed E-state index contributed by atoms with van der Waals surface area (Å²) in [6.07, 6.45) is 4.72. The minimum absolute atomic E-state index is 0. The van der Waals surface area contributed by atoms with Crippen molar-refractivity contribution in [2.24, 2.45) is 22.2 Å². The molecule has 1 aliphatic rings. The summed E-state index contributed by atoms with van der Waals surface area (Å²) in [5.41, 5.74) is 18.6. The van der Waals surface area contributed by atoms with E-state index < -0.39 is 12.1 Å². The maximum atomic E-state index is 13.3. The standard InChI is InChI=1S/C24H33N7O2.4ClH/c25-19(11-6-14-29-24(26)27)23(33)31-15-7-12-21(31)22(32)30-20(17-8-2-1-3-9-17)16-18-10-4-5-13-28-18;;;;/h1-5,8-10,13,19-21H,6-7,11-12,14-16,25H2,(H,30,32)(H4,26,27,29);4*1H/t19-,20-,21-;;;;/m0..../s1. The fourth-order valence-electron chi connectivity index (χ4n) is 4.09. The van der Waals surface area contributed by atoms with Crippen LogP contribution in [0.15, 0.2) is 59.7 Å². The number of carbonyl (C=O) groups is 2. The summed E-state index contributed by atoms with van der Waals surface area (Å²) < 4.78 is 0. The number of hydrogen-bond donors (Lipinski definition) is 4. The number of hydrogen-bond acceptors (Lipinski definition) is 5. The van der Waals surface area contributed by atoms with E-state index in [-0.39, 0.29) is 73.4 Å². The Morgan fingerprint density at radius 3 is 2.35 bits per heavy atom. The van der Waals surface area contributed by atoms with Gasteiger partial charge in [0.05, 0.1) is 12.1 Å². The summed E-state index contributed by atoms with van der Waals surface area (Å²) in [5, 5.41) is 3.15. The molecule has 1 saturated heterocycles. The van der Waals surface area contributed by atoms with Gasteiger partial charge < -0.3 is 27.4 Å². The summed E-state index contributed by atoms with van der Waals surface area (Å²) in [7, 11) is 0. The van der Waals surface area contributed by atoms with E-state index in [2.05, 4.69) is 15.3 Å². The van der Waals surface area contributed by atoms with Gasteiger partial charge in [-0.25, -0.2) is 0 Å². The maximum Gasteiger partial charge on any atom is 0.243 e. The molecule has 7 N–H and O–H groups in total.